The molecule has 1 heterocycles. The van der Waals surface area contributed by atoms with E-state index in [0.717, 1.165) is 36.0 Å². The van der Waals surface area contributed by atoms with E-state index in [2.05, 4.69) is 20.6 Å². The highest BCUT2D eigenvalue weighted by molar-refractivity contribution is 5.62. The van der Waals surface area contributed by atoms with Crippen molar-refractivity contribution in [2.24, 2.45) is 0 Å². The third-order valence-corrected chi connectivity index (χ3v) is 2.79. The molecule has 0 atom stereocenters. The van der Waals surface area contributed by atoms with Gasteiger partial charge in [-0.25, -0.2) is 9.97 Å². The zero-order valence-electron chi connectivity index (χ0n) is 12.1. The monoisotopic (exact) mass is 272 g/mol. The molecule has 106 valence electrons. The normalized spacial score (nSPS) is 10.2. The number of rotatable bonds is 6. The van der Waals surface area contributed by atoms with Crippen molar-refractivity contribution < 1.29 is 4.74 Å². The highest BCUT2D eigenvalue weighted by Gasteiger charge is 2.06. The molecule has 0 aliphatic rings. The Kier molecular flexibility index (Phi) is 4.76. The number of ether oxygens (including phenoxy) is 1. The molecule has 0 radical (unpaired) electrons. The summed E-state index contributed by atoms with van der Waals surface area (Å²) in [5.74, 6) is 3.17. The molecule has 0 spiro atoms. The van der Waals surface area contributed by atoms with Crippen LogP contribution in [0.5, 0.6) is 5.75 Å². The SMILES string of the molecule is CCNc1cc(NCC)nc(-c2ccc(OC)cc2)n1. The molecule has 0 aliphatic carbocycles. The van der Waals surface area contributed by atoms with Crippen molar-refractivity contribution in [3.05, 3.63) is 30.3 Å². The Morgan fingerprint density at radius 2 is 1.50 bits per heavy atom. The number of nitrogens with one attached hydrogen (secondary N) is 2. The fourth-order valence-electron chi connectivity index (χ4n) is 1.86. The van der Waals surface area contributed by atoms with E-state index in [4.69, 9.17) is 4.74 Å². The first-order valence-corrected chi connectivity index (χ1v) is 6.78. The second-order valence-electron chi connectivity index (χ2n) is 4.25. The van der Waals surface area contributed by atoms with Crippen LogP contribution in [0.25, 0.3) is 11.4 Å². The Balaban J connectivity index is 2.37. The average molecular weight is 272 g/mol. The lowest BCUT2D eigenvalue weighted by Crippen LogP contribution is -2.06. The predicted molar refractivity (Wildman–Crippen MR) is 82.3 cm³/mol. The molecule has 2 rings (SSSR count). The number of hydrogen-bond donors (Lipinski definition) is 2. The van der Waals surface area contributed by atoms with Crippen LogP contribution in [0.3, 0.4) is 0 Å². The third kappa shape index (κ3) is 3.38. The van der Waals surface area contributed by atoms with Crippen molar-refractivity contribution in [1.29, 1.82) is 0 Å². The van der Waals surface area contributed by atoms with Crippen LogP contribution in [0.2, 0.25) is 0 Å². The maximum atomic E-state index is 5.16. The molecule has 2 N–H and O–H groups in total. The standard InChI is InChI=1S/C15H20N4O/c1-4-16-13-10-14(17-5-2)19-15(18-13)11-6-8-12(20-3)9-7-11/h6-10H,4-5H2,1-3H3,(H2,16,17,18,19). The topological polar surface area (TPSA) is 59.1 Å². The van der Waals surface area contributed by atoms with Crippen LogP contribution in [0.1, 0.15) is 13.8 Å². The van der Waals surface area contributed by atoms with E-state index in [-0.39, 0.29) is 0 Å². The summed E-state index contributed by atoms with van der Waals surface area (Å²) in [6.07, 6.45) is 0. The number of methoxy groups -OCH3 is 1. The first kappa shape index (κ1) is 14.1. The number of benzene rings is 1. The fraction of sp³-hybridized carbons (Fsp3) is 0.333. The summed E-state index contributed by atoms with van der Waals surface area (Å²) >= 11 is 0. The van der Waals surface area contributed by atoms with Gasteiger partial charge in [0.15, 0.2) is 5.82 Å². The molecule has 0 aliphatic heterocycles. The number of hydrogen-bond acceptors (Lipinski definition) is 5. The largest absolute Gasteiger partial charge is 0.497 e. The Bertz CT molecular complexity index is 530. The lowest BCUT2D eigenvalue weighted by Gasteiger charge is -2.10. The zero-order chi connectivity index (χ0) is 14.4. The van der Waals surface area contributed by atoms with E-state index in [1.54, 1.807) is 7.11 Å². The second kappa shape index (κ2) is 6.75. The third-order valence-electron chi connectivity index (χ3n) is 2.79. The highest BCUT2D eigenvalue weighted by Crippen LogP contribution is 2.22. The van der Waals surface area contributed by atoms with Gasteiger partial charge in [0.25, 0.3) is 0 Å². The van der Waals surface area contributed by atoms with Crippen LogP contribution in [0, 0.1) is 0 Å². The molecule has 0 amide bonds. The molecule has 0 saturated carbocycles. The highest BCUT2D eigenvalue weighted by atomic mass is 16.5. The van der Waals surface area contributed by atoms with Gasteiger partial charge < -0.3 is 15.4 Å². The van der Waals surface area contributed by atoms with Gasteiger partial charge in [-0.15, -0.1) is 0 Å². The van der Waals surface area contributed by atoms with Gasteiger partial charge >= 0.3 is 0 Å². The van der Waals surface area contributed by atoms with Crippen molar-refractivity contribution in [2.45, 2.75) is 13.8 Å². The van der Waals surface area contributed by atoms with Gasteiger partial charge in [-0.1, -0.05) is 0 Å². The van der Waals surface area contributed by atoms with Gasteiger partial charge in [0.05, 0.1) is 7.11 Å². The molecular weight excluding hydrogens is 252 g/mol. The summed E-state index contributed by atoms with van der Waals surface area (Å²) in [6.45, 7) is 5.74. The van der Waals surface area contributed by atoms with Gasteiger partial charge in [-0.3, -0.25) is 0 Å². The van der Waals surface area contributed by atoms with Gasteiger partial charge in [0.2, 0.25) is 0 Å². The van der Waals surface area contributed by atoms with Crippen LogP contribution >= 0.6 is 0 Å². The van der Waals surface area contributed by atoms with E-state index < -0.39 is 0 Å². The van der Waals surface area contributed by atoms with E-state index in [0.29, 0.717) is 5.82 Å². The zero-order valence-corrected chi connectivity index (χ0v) is 12.1. The molecule has 20 heavy (non-hydrogen) atoms. The molecule has 0 fully saturated rings. The maximum Gasteiger partial charge on any atom is 0.163 e. The van der Waals surface area contributed by atoms with Crippen LogP contribution in [-0.2, 0) is 0 Å². The van der Waals surface area contributed by atoms with Crippen molar-refractivity contribution in [1.82, 2.24) is 9.97 Å². The lowest BCUT2D eigenvalue weighted by atomic mass is 10.2. The first-order chi connectivity index (χ1) is 9.76. The molecule has 5 nitrogen and oxygen atoms in total. The van der Waals surface area contributed by atoms with Crippen LogP contribution in [-0.4, -0.2) is 30.2 Å². The first-order valence-electron chi connectivity index (χ1n) is 6.78. The summed E-state index contributed by atoms with van der Waals surface area (Å²) in [5, 5.41) is 6.45. The molecule has 2 aromatic rings. The summed E-state index contributed by atoms with van der Waals surface area (Å²) in [4.78, 5) is 9.06. The van der Waals surface area contributed by atoms with E-state index in [1.165, 1.54) is 0 Å². The minimum Gasteiger partial charge on any atom is -0.497 e. The Morgan fingerprint density at radius 3 is 1.95 bits per heavy atom. The van der Waals surface area contributed by atoms with Gasteiger partial charge in [0, 0.05) is 24.7 Å². The summed E-state index contributed by atoms with van der Waals surface area (Å²) < 4.78 is 5.16. The summed E-state index contributed by atoms with van der Waals surface area (Å²) in [5.41, 5.74) is 0.963. The Labute approximate surface area is 119 Å². The molecule has 0 bridgehead atoms. The number of aromatic nitrogens is 2. The molecule has 5 heteroatoms. The smallest absolute Gasteiger partial charge is 0.163 e. The van der Waals surface area contributed by atoms with Crippen molar-refractivity contribution in [3.63, 3.8) is 0 Å². The predicted octanol–water partition coefficient (Wildman–Crippen LogP) is 3.02. The van der Waals surface area contributed by atoms with Crippen LogP contribution in [0.4, 0.5) is 11.6 Å². The van der Waals surface area contributed by atoms with Crippen molar-refractivity contribution >= 4 is 11.6 Å². The van der Waals surface area contributed by atoms with E-state index in [1.807, 2.05) is 44.2 Å². The quantitative estimate of drug-likeness (QED) is 0.846. The average Bonchev–Trinajstić information content (AvgIpc) is 2.48. The van der Waals surface area contributed by atoms with Gasteiger partial charge in [-0.05, 0) is 38.1 Å². The second-order valence-corrected chi connectivity index (χ2v) is 4.25. The fourth-order valence-corrected chi connectivity index (χ4v) is 1.86. The van der Waals surface area contributed by atoms with E-state index >= 15 is 0 Å². The van der Waals surface area contributed by atoms with Crippen LogP contribution < -0.4 is 15.4 Å². The van der Waals surface area contributed by atoms with Gasteiger partial charge in [0.1, 0.15) is 17.4 Å². The van der Waals surface area contributed by atoms with Crippen molar-refractivity contribution in [2.75, 3.05) is 30.8 Å². The molecule has 1 aromatic heterocycles. The number of nitrogens with zero attached hydrogens (tertiary/aromatic N) is 2. The molecule has 1 aromatic carbocycles. The molecule has 0 unspecified atom stereocenters. The van der Waals surface area contributed by atoms with E-state index in [9.17, 15) is 0 Å². The van der Waals surface area contributed by atoms with Gasteiger partial charge in [-0.2, -0.15) is 0 Å². The van der Waals surface area contributed by atoms with Crippen LogP contribution in [0.15, 0.2) is 30.3 Å². The van der Waals surface area contributed by atoms with Crippen molar-refractivity contribution in [3.8, 4) is 17.1 Å². The summed E-state index contributed by atoms with van der Waals surface area (Å²) in [7, 11) is 1.65. The minimum absolute atomic E-state index is 0.696. The Morgan fingerprint density at radius 1 is 0.950 bits per heavy atom. The molecule has 0 saturated heterocycles. The molecular formula is C15H20N4O. The maximum absolute atomic E-state index is 5.16. The number of anilines is 2. The summed E-state index contributed by atoms with van der Waals surface area (Å²) in [6, 6.07) is 9.65. The minimum atomic E-state index is 0.696. The Hall–Kier alpha value is -2.30. The lowest BCUT2D eigenvalue weighted by molar-refractivity contribution is 0.415.